The van der Waals surface area contributed by atoms with Crippen LogP contribution in [-0.4, -0.2) is 36.3 Å². The molecule has 0 bridgehead atoms. The first-order chi connectivity index (χ1) is 15.8. The second kappa shape index (κ2) is 11.2. The number of carbonyl (C=O) groups excluding carboxylic acids is 1. The van der Waals surface area contributed by atoms with E-state index in [1.165, 1.54) is 33.3 Å². The molecule has 8 heteroatoms. The first-order valence-corrected chi connectivity index (χ1v) is 13.9. The van der Waals surface area contributed by atoms with Crippen LogP contribution in [0.25, 0.3) is 10.2 Å². The van der Waals surface area contributed by atoms with E-state index in [2.05, 4.69) is 41.6 Å². The lowest BCUT2D eigenvalue weighted by molar-refractivity contribution is 0.0997. The van der Waals surface area contributed by atoms with Crippen molar-refractivity contribution in [1.82, 2.24) is 8.87 Å². The first kappa shape index (κ1) is 25.3. The molecule has 0 radical (unpaired) electrons. The van der Waals surface area contributed by atoms with E-state index in [0.717, 1.165) is 42.4 Å². The standard InChI is InChI=1S/C25H33N3O3S2/c1-5-15-27(16-6-2)33(30,31)21-12-10-20(11-13-21)24(29)26-25-28(17-7-3)22-14-9-19(8-4)18-23(22)32-25/h9-14,18H,5-8,15-17H2,1-4H3. The predicted octanol–water partition coefficient (Wildman–Crippen LogP) is 5.23. The lowest BCUT2D eigenvalue weighted by atomic mass is 10.2. The van der Waals surface area contributed by atoms with Gasteiger partial charge in [-0.1, -0.05) is 45.1 Å². The van der Waals surface area contributed by atoms with Gasteiger partial charge in [-0.05, 0) is 67.6 Å². The highest BCUT2D eigenvalue weighted by Crippen LogP contribution is 2.21. The summed E-state index contributed by atoms with van der Waals surface area (Å²) in [7, 11) is -3.58. The summed E-state index contributed by atoms with van der Waals surface area (Å²) in [5, 5.41) is 0. The summed E-state index contributed by atoms with van der Waals surface area (Å²) in [5.41, 5.74) is 2.71. The maximum atomic E-state index is 13.0. The largest absolute Gasteiger partial charge is 0.316 e. The van der Waals surface area contributed by atoms with Gasteiger partial charge in [0.15, 0.2) is 4.80 Å². The molecule has 0 N–H and O–H groups in total. The number of amides is 1. The average Bonchev–Trinajstić information content (AvgIpc) is 3.15. The Labute approximate surface area is 200 Å². The van der Waals surface area contributed by atoms with Crippen LogP contribution in [0.15, 0.2) is 52.4 Å². The maximum Gasteiger partial charge on any atom is 0.279 e. The number of hydrogen-bond donors (Lipinski definition) is 0. The van der Waals surface area contributed by atoms with Gasteiger partial charge in [0.25, 0.3) is 5.91 Å². The van der Waals surface area contributed by atoms with Crippen LogP contribution in [0.5, 0.6) is 0 Å². The molecule has 1 amide bonds. The second-order valence-corrected chi connectivity index (χ2v) is 11.0. The normalized spacial score (nSPS) is 12.7. The van der Waals surface area contributed by atoms with E-state index < -0.39 is 10.0 Å². The molecule has 0 aliphatic heterocycles. The number of carbonyl (C=O) groups is 1. The lowest BCUT2D eigenvalue weighted by Gasteiger charge is -2.21. The van der Waals surface area contributed by atoms with Crippen molar-refractivity contribution in [2.45, 2.75) is 64.8 Å². The molecule has 0 saturated carbocycles. The fourth-order valence-electron chi connectivity index (χ4n) is 3.78. The Morgan fingerprint density at radius 3 is 2.21 bits per heavy atom. The summed E-state index contributed by atoms with van der Waals surface area (Å²) in [4.78, 5) is 18.2. The highest BCUT2D eigenvalue weighted by molar-refractivity contribution is 7.89. The third kappa shape index (κ3) is 5.62. The summed E-state index contributed by atoms with van der Waals surface area (Å²) in [6.45, 7) is 9.88. The Bertz CT molecular complexity index is 1270. The molecule has 2 aromatic carbocycles. The minimum atomic E-state index is -3.58. The van der Waals surface area contributed by atoms with Crippen molar-refractivity contribution in [3.05, 3.63) is 58.4 Å². The van der Waals surface area contributed by atoms with Gasteiger partial charge in [0, 0.05) is 25.2 Å². The summed E-state index contributed by atoms with van der Waals surface area (Å²) >= 11 is 1.51. The summed E-state index contributed by atoms with van der Waals surface area (Å²) < 4.78 is 30.6. The molecule has 1 aromatic heterocycles. The van der Waals surface area contributed by atoms with Crippen molar-refractivity contribution in [2.24, 2.45) is 4.99 Å². The maximum absolute atomic E-state index is 13.0. The molecule has 6 nitrogen and oxygen atoms in total. The van der Waals surface area contributed by atoms with Crippen LogP contribution >= 0.6 is 11.3 Å². The number of thiazole rings is 1. The zero-order valence-electron chi connectivity index (χ0n) is 19.9. The smallest absolute Gasteiger partial charge is 0.279 e. The van der Waals surface area contributed by atoms with Gasteiger partial charge in [-0.15, -0.1) is 0 Å². The van der Waals surface area contributed by atoms with E-state index in [-0.39, 0.29) is 10.8 Å². The number of fused-ring (bicyclic) bond motifs is 1. The second-order valence-electron chi connectivity index (χ2n) is 8.04. The van der Waals surface area contributed by atoms with Crippen LogP contribution in [0.1, 0.15) is 62.9 Å². The van der Waals surface area contributed by atoms with Crippen molar-refractivity contribution in [2.75, 3.05) is 13.1 Å². The van der Waals surface area contributed by atoms with Crippen LogP contribution in [-0.2, 0) is 23.0 Å². The third-order valence-corrected chi connectivity index (χ3v) is 8.44. The van der Waals surface area contributed by atoms with Gasteiger partial charge < -0.3 is 4.57 Å². The van der Waals surface area contributed by atoms with E-state index in [1.807, 2.05) is 13.8 Å². The molecule has 0 unspecified atom stereocenters. The quantitative estimate of drug-likeness (QED) is 0.393. The number of aromatic nitrogens is 1. The predicted molar refractivity (Wildman–Crippen MR) is 135 cm³/mol. The van der Waals surface area contributed by atoms with E-state index in [9.17, 15) is 13.2 Å². The first-order valence-electron chi connectivity index (χ1n) is 11.7. The van der Waals surface area contributed by atoms with E-state index >= 15 is 0 Å². The van der Waals surface area contributed by atoms with Gasteiger partial charge in [-0.3, -0.25) is 4.79 Å². The number of aryl methyl sites for hydroxylation is 2. The van der Waals surface area contributed by atoms with Crippen LogP contribution in [0, 0.1) is 0 Å². The lowest BCUT2D eigenvalue weighted by Crippen LogP contribution is -2.32. The van der Waals surface area contributed by atoms with Crippen molar-refractivity contribution in [3.8, 4) is 0 Å². The van der Waals surface area contributed by atoms with Gasteiger partial charge >= 0.3 is 0 Å². The molecule has 0 atom stereocenters. The fourth-order valence-corrected chi connectivity index (χ4v) is 6.53. The Morgan fingerprint density at radius 1 is 0.970 bits per heavy atom. The van der Waals surface area contributed by atoms with E-state index in [4.69, 9.17) is 0 Å². The Morgan fingerprint density at radius 2 is 1.64 bits per heavy atom. The molecule has 0 aliphatic rings. The van der Waals surface area contributed by atoms with E-state index in [0.29, 0.717) is 23.5 Å². The Hall–Kier alpha value is -2.29. The van der Waals surface area contributed by atoms with E-state index in [1.54, 1.807) is 12.1 Å². The van der Waals surface area contributed by atoms with Crippen molar-refractivity contribution in [1.29, 1.82) is 0 Å². The molecule has 3 rings (SSSR count). The molecule has 0 aliphatic carbocycles. The van der Waals surface area contributed by atoms with Gasteiger partial charge in [0.1, 0.15) is 0 Å². The van der Waals surface area contributed by atoms with Crippen molar-refractivity contribution < 1.29 is 13.2 Å². The molecule has 0 fully saturated rings. The molecule has 3 aromatic rings. The fraction of sp³-hybridized carbons (Fsp3) is 0.440. The average molecular weight is 488 g/mol. The van der Waals surface area contributed by atoms with Gasteiger partial charge in [0.05, 0.1) is 15.1 Å². The van der Waals surface area contributed by atoms with Gasteiger partial charge in [0.2, 0.25) is 10.0 Å². The minimum Gasteiger partial charge on any atom is -0.316 e. The van der Waals surface area contributed by atoms with Crippen LogP contribution in [0.3, 0.4) is 0 Å². The number of nitrogens with zero attached hydrogens (tertiary/aromatic N) is 3. The molecule has 33 heavy (non-hydrogen) atoms. The van der Waals surface area contributed by atoms with Gasteiger partial charge in [-0.25, -0.2) is 8.42 Å². The van der Waals surface area contributed by atoms with Crippen molar-refractivity contribution in [3.63, 3.8) is 0 Å². The number of benzene rings is 2. The van der Waals surface area contributed by atoms with Crippen LogP contribution in [0.2, 0.25) is 0 Å². The highest BCUT2D eigenvalue weighted by Gasteiger charge is 2.23. The molecule has 178 valence electrons. The summed E-state index contributed by atoms with van der Waals surface area (Å²) in [5.74, 6) is -0.370. The SMILES string of the molecule is CCCN(CCC)S(=O)(=O)c1ccc(C(=O)N=c2sc3cc(CC)ccc3n2CCC)cc1. The summed E-state index contributed by atoms with van der Waals surface area (Å²) in [6.07, 6.45) is 3.39. The Balaban J connectivity index is 1.95. The number of hydrogen-bond acceptors (Lipinski definition) is 4. The Kier molecular flexibility index (Phi) is 8.62. The molecule has 0 spiro atoms. The topological polar surface area (TPSA) is 71.7 Å². The highest BCUT2D eigenvalue weighted by atomic mass is 32.2. The van der Waals surface area contributed by atoms with Crippen LogP contribution < -0.4 is 4.80 Å². The monoisotopic (exact) mass is 487 g/mol. The third-order valence-electron chi connectivity index (χ3n) is 5.48. The summed E-state index contributed by atoms with van der Waals surface area (Å²) in [6, 6.07) is 12.5. The molecule has 0 saturated heterocycles. The zero-order valence-corrected chi connectivity index (χ0v) is 21.5. The molecular weight excluding hydrogens is 454 g/mol. The number of rotatable bonds is 10. The number of sulfonamides is 1. The molecular formula is C25H33N3O3S2. The van der Waals surface area contributed by atoms with Crippen molar-refractivity contribution >= 4 is 37.5 Å². The van der Waals surface area contributed by atoms with Crippen LogP contribution in [0.4, 0.5) is 0 Å². The minimum absolute atomic E-state index is 0.205. The molecule has 1 heterocycles. The zero-order chi connectivity index (χ0) is 24.0. The van der Waals surface area contributed by atoms with Gasteiger partial charge in [-0.2, -0.15) is 9.30 Å².